The fourth-order valence-electron chi connectivity index (χ4n) is 2.85. The number of aromatic hydroxyl groups is 2. The van der Waals surface area contributed by atoms with Crippen molar-refractivity contribution in [2.24, 2.45) is 0 Å². The Balaban J connectivity index is 1.54. The second kappa shape index (κ2) is 7.98. The number of hydrogen-bond acceptors (Lipinski definition) is 6. The summed E-state index contributed by atoms with van der Waals surface area (Å²) in [5, 5.41) is 22.4. The summed E-state index contributed by atoms with van der Waals surface area (Å²) in [6, 6.07) is 21.7. The van der Waals surface area contributed by atoms with Crippen LogP contribution < -0.4 is 10.2 Å². The van der Waals surface area contributed by atoms with Crippen molar-refractivity contribution in [3.63, 3.8) is 0 Å². The number of thiocarbonyl (C=S) groups is 1. The van der Waals surface area contributed by atoms with Crippen molar-refractivity contribution in [3.8, 4) is 11.5 Å². The largest absolute Gasteiger partial charge is 0.504 e. The molecule has 0 saturated carbocycles. The van der Waals surface area contributed by atoms with E-state index in [0.29, 0.717) is 20.5 Å². The Morgan fingerprint density at radius 2 is 1.59 bits per heavy atom. The fourth-order valence-corrected chi connectivity index (χ4v) is 4.15. The number of carbonyl (C=O) groups is 1. The quantitative estimate of drug-likeness (QED) is 0.304. The molecule has 3 N–H and O–H groups in total. The van der Waals surface area contributed by atoms with Crippen LogP contribution in [-0.4, -0.2) is 20.4 Å². The van der Waals surface area contributed by atoms with Gasteiger partial charge in [-0.1, -0.05) is 48.2 Å². The molecule has 29 heavy (non-hydrogen) atoms. The van der Waals surface area contributed by atoms with E-state index in [1.54, 1.807) is 12.1 Å². The Morgan fingerprint density at radius 3 is 2.28 bits per heavy atom. The monoisotopic (exact) mass is 420 g/mol. The molecule has 0 radical (unpaired) electrons. The first kappa shape index (κ1) is 19.0. The van der Waals surface area contributed by atoms with Crippen LogP contribution in [0.15, 0.2) is 77.7 Å². The predicted octanol–water partition coefficient (Wildman–Crippen LogP) is 5.25. The molecule has 0 atom stereocenters. The van der Waals surface area contributed by atoms with E-state index in [1.165, 1.54) is 28.8 Å². The molecule has 1 fully saturated rings. The van der Waals surface area contributed by atoms with Crippen LogP contribution in [0.25, 0.3) is 6.08 Å². The number of nitrogens with one attached hydrogen (secondary N) is 1. The highest BCUT2D eigenvalue weighted by Crippen LogP contribution is 2.37. The maximum atomic E-state index is 12.9. The lowest BCUT2D eigenvalue weighted by atomic mass is 10.2. The predicted molar refractivity (Wildman–Crippen MR) is 122 cm³/mol. The molecule has 0 bridgehead atoms. The van der Waals surface area contributed by atoms with Crippen molar-refractivity contribution < 1.29 is 15.0 Å². The van der Waals surface area contributed by atoms with Gasteiger partial charge in [-0.3, -0.25) is 9.69 Å². The van der Waals surface area contributed by atoms with Gasteiger partial charge in [0.05, 0.1) is 10.6 Å². The van der Waals surface area contributed by atoms with Gasteiger partial charge in [-0.25, -0.2) is 0 Å². The zero-order valence-electron chi connectivity index (χ0n) is 15.1. The van der Waals surface area contributed by atoms with Gasteiger partial charge in [0.2, 0.25) is 0 Å². The molecule has 4 rings (SSSR count). The van der Waals surface area contributed by atoms with E-state index in [-0.39, 0.29) is 17.4 Å². The fraction of sp³-hybridized carbons (Fsp3) is 0. The number of para-hydroxylation sites is 1. The van der Waals surface area contributed by atoms with Gasteiger partial charge in [0.1, 0.15) is 0 Å². The van der Waals surface area contributed by atoms with E-state index in [9.17, 15) is 15.0 Å². The summed E-state index contributed by atoms with van der Waals surface area (Å²) < 4.78 is 0.438. The highest BCUT2D eigenvalue weighted by atomic mass is 32.2. The van der Waals surface area contributed by atoms with Crippen LogP contribution in [0.2, 0.25) is 0 Å². The maximum Gasteiger partial charge on any atom is 0.270 e. The summed E-state index contributed by atoms with van der Waals surface area (Å²) in [4.78, 5) is 14.8. The first-order chi connectivity index (χ1) is 14.0. The lowest BCUT2D eigenvalue weighted by Gasteiger charge is -2.15. The Kier molecular flexibility index (Phi) is 5.24. The third-order valence-electron chi connectivity index (χ3n) is 4.28. The first-order valence-corrected chi connectivity index (χ1v) is 9.96. The van der Waals surface area contributed by atoms with Gasteiger partial charge < -0.3 is 15.5 Å². The molecule has 0 aromatic heterocycles. The molecule has 0 unspecified atom stereocenters. The lowest BCUT2D eigenvalue weighted by Crippen LogP contribution is -2.27. The number of carbonyl (C=O) groups excluding carboxylic acids is 1. The number of rotatable bonds is 4. The summed E-state index contributed by atoms with van der Waals surface area (Å²) in [6.45, 7) is 0. The molecule has 1 heterocycles. The number of nitrogens with zero attached hydrogens (tertiary/aromatic N) is 1. The van der Waals surface area contributed by atoms with Gasteiger partial charge >= 0.3 is 0 Å². The van der Waals surface area contributed by atoms with Gasteiger partial charge in [0.25, 0.3) is 5.91 Å². The molecule has 0 spiro atoms. The van der Waals surface area contributed by atoms with E-state index in [0.717, 1.165) is 11.4 Å². The minimum absolute atomic E-state index is 0.209. The van der Waals surface area contributed by atoms with Crippen molar-refractivity contribution in [3.05, 3.63) is 83.3 Å². The number of phenolic OH excluding ortho intramolecular Hbond substituents is 2. The molecule has 3 aromatic rings. The molecule has 1 saturated heterocycles. The van der Waals surface area contributed by atoms with Gasteiger partial charge in [0.15, 0.2) is 15.8 Å². The molecule has 0 aliphatic carbocycles. The number of benzene rings is 3. The smallest absolute Gasteiger partial charge is 0.270 e. The summed E-state index contributed by atoms with van der Waals surface area (Å²) in [6.07, 6.45) is 1.64. The van der Waals surface area contributed by atoms with E-state index < -0.39 is 0 Å². The molecule has 1 aliphatic rings. The first-order valence-electron chi connectivity index (χ1n) is 8.73. The topological polar surface area (TPSA) is 72.8 Å². The van der Waals surface area contributed by atoms with Gasteiger partial charge in [0, 0.05) is 11.4 Å². The Bertz CT molecular complexity index is 1110. The summed E-state index contributed by atoms with van der Waals surface area (Å²) in [7, 11) is 0. The number of hydrogen-bond donors (Lipinski definition) is 3. The van der Waals surface area contributed by atoms with Gasteiger partial charge in [-0.15, -0.1) is 0 Å². The van der Waals surface area contributed by atoms with Crippen LogP contribution in [0.1, 0.15) is 5.56 Å². The maximum absolute atomic E-state index is 12.9. The molecule has 5 nitrogen and oxygen atoms in total. The van der Waals surface area contributed by atoms with Crippen molar-refractivity contribution in [2.75, 3.05) is 10.2 Å². The van der Waals surface area contributed by atoms with Crippen molar-refractivity contribution >= 4 is 57.3 Å². The number of phenols is 2. The number of amides is 1. The average Bonchev–Trinajstić information content (AvgIpc) is 2.99. The van der Waals surface area contributed by atoms with Crippen molar-refractivity contribution in [2.45, 2.75) is 0 Å². The molecule has 3 aromatic carbocycles. The lowest BCUT2D eigenvalue weighted by molar-refractivity contribution is -0.113. The summed E-state index contributed by atoms with van der Waals surface area (Å²) >= 11 is 6.60. The molecule has 7 heteroatoms. The minimum Gasteiger partial charge on any atom is -0.504 e. The minimum atomic E-state index is -0.240. The van der Waals surface area contributed by atoms with Gasteiger partial charge in [-0.05, 0) is 60.2 Å². The van der Waals surface area contributed by atoms with E-state index in [2.05, 4.69) is 5.32 Å². The van der Waals surface area contributed by atoms with Crippen molar-refractivity contribution in [1.82, 2.24) is 0 Å². The second-order valence-corrected chi connectivity index (χ2v) is 7.98. The zero-order chi connectivity index (χ0) is 20.4. The van der Waals surface area contributed by atoms with Crippen LogP contribution in [0.3, 0.4) is 0 Å². The summed E-state index contributed by atoms with van der Waals surface area (Å²) in [5.74, 6) is -0.675. The molecule has 144 valence electrons. The van der Waals surface area contributed by atoms with Crippen LogP contribution in [-0.2, 0) is 4.79 Å². The average molecular weight is 421 g/mol. The molecular formula is C22H16N2O3S2. The Morgan fingerprint density at radius 1 is 0.897 bits per heavy atom. The van der Waals surface area contributed by atoms with Crippen LogP contribution >= 0.6 is 24.0 Å². The Hall–Kier alpha value is -3.29. The van der Waals surface area contributed by atoms with Crippen LogP contribution in [0.4, 0.5) is 17.1 Å². The SMILES string of the molecule is O=C1/C(=C/c2ccc(O)c(O)c2)SC(=S)N1c1ccc(Nc2ccccc2)cc1. The highest BCUT2D eigenvalue weighted by molar-refractivity contribution is 8.27. The second-order valence-electron chi connectivity index (χ2n) is 6.30. The number of anilines is 3. The zero-order valence-corrected chi connectivity index (χ0v) is 16.7. The molecular weight excluding hydrogens is 404 g/mol. The van der Waals surface area contributed by atoms with E-state index in [4.69, 9.17) is 12.2 Å². The van der Waals surface area contributed by atoms with Gasteiger partial charge in [-0.2, -0.15) is 0 Å². The normalized spacial score (nSPS) is 15.2. The van der Waals surface area contributed by atoms with Crippen molar-refractivity contribution in [1.29, 1.82) is 0 Å². The standard InChI is InChI=1S/C22H16N2O3S2/c25-18-11-6-14(12-19(18)26)13-20-21(27)24(22(28)29-20)17-9-7-16(8-10-17)23-15-4-2-1-3-5-15/h1-13,23,25-26H/b20-13-. The van der Waals surface area contributed by atoms with E-state index >= 15 is 0 Å². The third kappa shape index (κ3) is 4.11. The molecule has 1 aliphatic heterocycles. The van der Waals surface area contributed by atoms with E-state index in [1.807, 2.05) is 54.6 Å². The Labute approximate surface area is 177 Å². The van der Waals surface area contributed by atoms with Crippen LogP contribution in [0.5, 0.6) is 11.5 Å². The third-order valence-corrected chi connectivity index (χ3v) is 5.58. The highest BCUT2D eigenvalue weighted by Gasteiger charge is 2.33. The number of thioether (sulfide) groups is 1. The van der Waals surface area contributed by atoms with Crippen LogP contribution in [0, 0.1) is 0 Å². The molecule has 1 amide bonds. The summed E-state index contributed by atoms with van der Waals surface area (Å²) in [5.41, 5.74) is 3.16.